The van der Waals surface area contributed by atoms with E-state index in [1.165, 1.54) is 6.08 Å². The summed E-state index contributed by atoms with van der Waals surface area (Å²) in [7, 11) is -1.49. The average Bonchev–Trinajstić information content (AvgIpc) is 2.47. The second-order valence-corrected chi connectivity index (χ2v) is 7.59. The van der Waals surface area contributed by atoms with Gasteiger partial charge in [-0.15, -0.1) is 0 Å². The van der Waals surface area contributed by atoms with E-state index in [4.69, 9.17) is 22.1 Å². The van der Waals surface area contributed by atoms with Crippen LogP contribution < -0.4 is 5.73 Å². The van der Waals surface area contributed by atoms with Gasteiger partial charge in [0.2, 0.25) is 0 Å². The number of nitrogens with two attached hydrogens (primary N) is 1. The van der Waals surface area contributed by atoms with E-state index in [1.807, 2.05) is 19.9 Å². The van der Waals surface area contributed by atoms with Gasteiger partial charge in [0, 0.05) is 10.9 Å². The first kappa shape index (κ1) is 21.8. The molecule has 0 aliphatic rings. The van der Waals surface area contributed by atoms with Crippen LogP contribution in [0, 0.1) is 0 Å². The lowest BCUT2D eigenvalue weighted by molar-refractivity contribution is -0.154. The molecule has 0 saturated heterocycles. The van der Waals surface area contributed by atoms with E-state index in [9.17, 15) is 9.00 Å². The highest BCUT2D eigenvalue weighted by atomic mass is 35.5. The van der Waals surface area contributed by atoms with Crippen LogP contribution in [0.4, 0.5) is 0 Å². The van der Waals surface area contributed by atoms with E-state index in [2.05, 4.69) is 0 Å². The van der Waals surface area contributed by atoms with Crippen LogP contribution in [0.25, 0.3) is 0 Å². The molecule has 0 radical (unpaired) electrons. The van der Waals surface area contributed by atoms with Crippen molar-refractivity contribution in [2.24, 2.45) is 5.73 Å². The fraction of sp³-hybridized carbons (Fsp3) is 0.471. The summed E-state index contributed by atoms with van der Waals surface area (Å²) in [5.41, 5.74) is 5.26. The molecule has 1 aromatic rings. The Morgan fingerprint density at radius 1 is 1.30 bits per heavy atom. The molecule has 130 valence electrons. The first-order valence-electron chi connectivity index (χ1n) is 7.50. The van der Waals surface area contributed by atoms with Crippen molar-refractivity contribution in [2.45, 2.75) is 57.6 Å². The minimum absolute atomic E-state index is 0.0144. The van der Waals surface area contributed by atoms with Gasteiger partial charge in [0.1, 0.15) is 9.97 Å². The standard InChI is InChI=1S/C15H20ClNO3S.C2H6/c1-15(2,3)20-14(18)10-11(17)9-13(16)21(19)12-7-5-4-6-8-12;1-2/h4-9,11H,10,17H2,1-3H3;1-2H3/b13-9+;. The molecule has 6 heteroatoms. The van der Waals surface area contributed by atoms with Crippen molar-refractivity contribution >= 4 is 28.4 Å². The second-order valence-electron chi connectivity index (χ2n) is 5.51. The van der Waals surface area contributed by atoms with Gasteiger partial charge in [-0.05, 0) is 39.0 Å². The second kappa shape index (κ2) is 10.6. The van der Waals surface area contributed by atoms with Gasteiger partial charge in [-0.2, -0.15) is 0 Å². The highest BCUT2D eigenvalue weighted by Crippen LogP contribution is 2.18. The fourth-order valence-electron chi connectivity index (χ4n) is 1.52. The number of carbonyl (C=O) groups is 1. The van der Waals surface area contributed by atoms with E-state index in [0.29, 0.717) is 4.90 Å². The zero-order valence-electron chi connectivity index (χ0n) is 14.3. The number of hydrogen-bond acceptors (Lipinski definition) is 4. The summed E-state index contributed by atoms with van der Waals surface area (Å²) in [6.45, 7) is 9.34. The smallest absolute Gasteiger partial charge is 0.308 e. The molecule has 2 N–H and O–H groups in total. The summed E-state index contributed by atoms with van der Waals surface area (Å²) >= 11 is 6.01. The van der Waals surface area contributed by atoms with Gasteiger partial charge in [-0.3, -0.25) is 4.79 Å². The molecule has 0 aliphatic heterocycles. The lowest BCUT2D eigenvalue weighted by Gasteiger charge is -2.20. The van der Waals surface area contributed by atoms with Crippen LogP contribution in [-0.2, 0) is 20.3 Å². The summed E-state index contributed by atoms with van der Waals surface area (Å²) in [6.07, 6.45) is 1.41. The molecule has 2 atom stereocenters. The van der Waals surface area contributed by atoms with Crippen LogP contribution >= 0.6 is 11.6 Å². The van der Waals surface area contributed by atoms with Gasteiger partial charge in [0.15, 0.2) is 0 Å². The lowest BCUT2D eigenvalue weighted by Crippen LogP contribution is -2.29. The number of hydrogen-bond donors (Lipinski definition) is 1. The van der Waals surface area contributed by atoms with E-state index in [-0.39, 0.29) is 10.8 Å². The van der Waals surface area contributed by atoms with Crippen LogP contribution in [0.2, 0.25) is 0 Å². The van der Waals surface area contributed by atoms with E-state index in [1.54, 1.807) is 45.0 Å². The van der Waals surface area contributed by atoms with Crippen LogP contribution in [0.3, 0.4) is 0 Å². The molecule has 0 amide bonds. The summed E-state index contributed by atoms with van der Waals surface area (Å²) in [4.78, 5) is 12.2. The molecule has 0 spiro atoms. The van der Waals surface area contributed by atoms with Crippen LogP contribution in [-0.4, -0.2) is 21.8 Å². The molecular weight excluding hydrogens is 334 g/mol. The van der Waals surface area contributed by atoms with Crippen LogP contribution in [0.15, 0.2) is 45.7 Å². The Hall–Kier alpha value is -1.17. The van der Waals surface area contributed by atoms with Crippen molar-refractivity contribution in [1.82, 2.24) is 0 Å². The Kier molecular flexibility index (Phi) is 10.0. The highest BCUT2D eigenvalue weighted by Gasteiger charge is 2.18. The predicted molar refractivity (Wildman–Crippen MR) is 96.6 cm³/mol. The molecule has 0 bridgehead atoms. The van der Waals surface area contributed by atoms with Crippen LogP contribution in [0.5, 0.6) is 0 Å². The first-order valence-corrected chi connectivity index (χ1v) is 9.03. The van der Waals surface area contributed by atoms with Crippen molar-refractivity contribution in [3.63, 3.8) is 0 Å². The van der Waals surface area contributed by atoms with Gasteiger partial charge in [-0.1, -0.05) is 43.6 Å². The van der Waals surface area contributed by atoms with Gasteiger partial charge >= 0.3 is 5.97 Å². The number of halogens is 1. The van der Waals surface area contributed by atoms with E-state index in [0.717, 1.165) is 0 Å². The number of rotatable bonds is 5. The minimum atomic E-state index is -1.49. The molecule has 0 aliphatic carbocycles. The largest absolute Gasteiger partial charge is 0.460 e. The van der Waals surface area contributed by atoms with E-state index < -0.39 is 28.4 Å². The molecule has 2 unspecified atom stereocenters. The minimum Gasteiger partial charge on any atom is -0.460 e. The van der Waals surface area contributed by atoms with Gasteiger partial charge in [0.25, 0.3) is 0 Å². The van der Waals surface area contributed by atoms with Crippen molar-refractivity contribution in [1.29, 1.82) is 0 Å². The Morgan fingerprint density at radius 2 is 1.83 bits per heavy atom. The van der Waals surface area contributed by atoms with Gasteiger partial charge in [0.05, 0.1) is 17.2 Å². The summed E-state index contributed by atoms with van der Waals surface area (Å²) in [5, 5.41) is 0. The van der Waals surface area contributed by atoms with Gasteiger partial charge < -0.3 is 10.5 Å². The quantitative estimate of drug-likeness (QED) is 0.808. The predicted octanol–water partition coefficient (Wildman–Crippen LogP) is 3.96. The van der Waals surface area contributed by atoms with Crippen molar-refractivity contribution in [3.05, 3.63) is 40.8 Å². The van der Waals surface area contributed by atoms with E-state index >= 15 is 0 Å². The van der Waals surface area contributed by atoms with Crippen molar-refractivity contribution in [3.8, 4) is 0 Å². The van der Waals surface area contributed by atoms with Crippen molar-refractivity contribution < 1.29 is 13.7 Å². The van der Waals surface area contributed by atoms with Crippen LogP contribution in [0.1, 0.15) is 41.0 Å². The Bertz CT molecular complexity index is 539. The summed E-state index contributed by atoms with van der Waals surface area (Å²) in [5.74, 6) is -0.416. The molecule has 0 fully saturated rings. The molecule has 4 nitrogen and oxygen atoms in total. The summed E-state index contributed by atoms with van der Waals surface area (Å²) < 4.78 is 17.4. The maximum absolute atomic E-state index is 12.1. The third-order valence-electron chi connectivity index (χ3n) is 2.30. The number of benzene rings is 1. The number of esters is 1. The molecule has 0 saturated carbocycles. The average molecular weight is 360 g/mol. The normalized spacial score (nSPS) is 14.3. The van der Waals surface area contributed by atoms with Crippen molar-refractivity contribution in [2.75, 3.05) is 0 Å². The molecule has 23 heavy (non-hydrogen) atoms. The topological polar surface area (TPSA) is 69.4 Å². The molecule has 0 aromatic heterocycles. The SMILES string of the molecule is CC.CC(C)(C)OC(=O)CC(N)/C=C(\Cl)S(=O)c1ccccc1. The molecular formula is C17H26ClNO3S. The lowest BCUT2D eigenvalue weighted by atomic mass is 10.2. The summed E-state index contributed by atoms with van der Waals surface area (Å²) in [6, 6.07) is 8.17. The molecule has 1 aromatic carbocycles. The fourth-order valence-corrected chi connectivity index (χ4v) is 2.88. The molecule has 1 rings (SSSR count). The third-order valence-corrected chi connectivity index (χ3v) is 4.04. The number of carbonyl (C=O) groups excluding carboxylic acids is 1. The zero-order chi connectivity index (χ0) is 18.0. The Morgan fingerprint density at radius 3 is 2.30 bits per heavy atom. The maximum atomic E-state index is 12.1. The van der Waals surface area contributed by atoms with Gasteiger partial charge in [-0.25, -0.2) is 4.21 Å². The maximum Gasteiger partial charge on any atom is 0.308 e. The Labute approximate surface area is 146 Å². The zero-order valence-corrected chi connectivity index (χ0v) is 15.9. The third kappa shape index (κ3) is 9.54. The highest BCUT2D eigenvalue weighted by molar-refractivity contribution is 7.90. The number of ether oxygens (including phenoxy) is 1. The first-order chi connectivity index (χ1) is 10.7. The monoisotopic (exact) mass is 359 g/mol. The Balaban J connectivity index is 0.00000232. The molecule has 0 heterocycles.